The molecular weight excluding hydrogens is 249 g/mol. The van der Waals surface area contributed by atoms with E-state index in [2.05, 4.69) is 5.32 Å². The van der Waals surface area contributed by atoms with Crippen LogP contribution < -0.4 is 5.32 Å². The van der Waals surface area contributed by atoms with E-state index < -0.39 is 21.0 Å². The number of halogens is 1. The first kappa shape index (κ1) is 13.6. The molecule has 0 unspecified atom stereocenters. The summed E-state index contributed by atoms with van der Waals surface area (Å²) in [7, 11) is -4.73. The number of aliphatic hydroxyl groups excluding tert-OH is 1. The summed E-state index contributed by atoms with van der Waals surface area (Å²) < 4.78 is 33.6. The van der Waals surface area contributed by atoms with Crippen molar-refractivity contribution in [1.82, 2.24) is 5.32 Å². The minimum atomic E-state index is -4.73. The van der Waals surface area contributed by atoms with Crippen LogP contribution in [-0.4, -0.2) is 32.6 Å². The number of hydrogen-bond acceptors (Lipinski definition) is 4. The van der Waals surface area contributed by atoms with E-state index in [0.717, 1.165) is 12.1 Å². The largest absolute Gasteiger partial charge is 0.396 e. The van der Waals surface area contributed by atoms with E-state index in [1.165, 1.54) is 12.1 Å². The van der Waals surface area contributed by atoms with Crippen molar-refractivity contribution >= 4 is 16.1 Å². The summed E-state index contributed by atoms with van der Waals surface area (Å²) in [5.74, 6) is -0.402. The van der Waals surface area contributed by atoms with Gasteiger partial charge in [-0.1, -0.05) is 0 Å². The highest BCUT2D eigenvalue weighted by molar-refractivity contribution is 7.86. The maximum Gasteiger partial charge on any atom is 0.332 e. The minimum absolute atomic E-state index is 0.0285. The number of amides is 1. The molecule has 0 aliphatic heterocycles. The minimum Gasteiger partial charge on any atom is -0.396 e. The predicted octanol–water partition coefficient (Wildman–Crippen LogP) is 0.457. The van der Waals surface area contributed by atoms with Gasteiger partial charge in [-0.25, -0.2) is 0 Å². The second-order valence-electron chi connectivity index (χ2n) is 3.30. The van der Waals surface area contributed by atoms with Gasteiger partial charge in [0.15, 0.2) is 0 Å². The first-order valence-electron chi connectivity index (χ1n) is 4.89. The van der Waals surface area contributed by atoms with E-state index in [-0.39, 0.29) is 12.2 Å². The van der Waals surface area contributed by atoms with Crippen molar-refractivity contribution in [2.75, 3.05) is 13.2 Å². The van der Waals surface area contributed by atoms with Crippen molar-refractivity contribution in [2.45, 2.75) is 11.3 Å². The highest BCUT2D eigenvalue weighted by Crippen LogP contribution is 2.12. The SMILES string of the molecule is O=C(NCCCO)c1ccc(S(=O)(=O)F)cc1. The number of aliphatic hydroxyl groups is 1. The standard InChI is InChI=1S/C10H12FNO4S/c11-17(15,16)9-4-2-8(3-5-9)10(14)12-6-1-7-13/h2-5,13H,1,6-7H2,(H,12,14). The number of hydrogen-bond donors (Lipinski definition) is 2. The molecule has 0 bridgehead atoms. The van der Waals surface area contributed by atoms with E-state index in [4.69, 9.17) is 5.11 Å². The molecule has 0 radical (unpaired) electrons. The van der Waals surface area contributed by atoms with Gasteiger partial charge in [0.25, 0.3) is 5.91 Å². The number of rotatable bonds is 5. The Morgan fingerprint density at radius 2 is 1.88 bits per heavy atom. The third kappa shape index (κ3) is 4.12. The zero-order chi connectivity index (χ0) is 12.9. The Morgan fingerprint density at radius 1 is 1.29 bits per heavy atom. The van der Waals surface area contributed by atoms with Crippen molar-refractivity contribution in [3.8, 4) is 0 Å². The van der Waals surface area contributed by atoms with Crippen LogP contribution in [0.25, 0.3) is 0 Å². The summed E-state index contributed by atoms with van der Waals surface area (Å²) in [4.78, 5) is 11.0. The molecule has 0 aliphatic rings. The van der Waals surface area contributed by atoms with E-state index in [1.54, 1.807) is 0 Å². The third-order valence-electron chi connectivity index (χ3n) is 2.02. The van der Waals surface area contributed by atoms with Crippen LogP contribution in [0.5, 0.6) is 0 Å². The Morgan fingerprint density at radius 3 is 2.35 bits per heavy atom. The van der Waals surface area contributed by atoms with Gasteiger partial charge in [0, 0.05) is 18.7 Å². The zero-order valence-corrected chi connectivity index (χ0v) is 9.71. The van der Waals surface area contributed by atoms with Crippen molar-refractivity contribution in [3.63, 3.8) is 0 Å². The molecule has 94 valence electrons. The summed E-state index contributed by atoms with van der Waals surface area (Å²) in [5.41, 5.74) is 0.232. The molecule has 0 fully saturated rings. The Labute approximate surface area is 98.5 Å². The Hall–Kier alpha value is -1.47. The lowest BCUT2D eigenvalue weighted by atomic mass is 10.2. The molecule has 0 aliphatic carbocycles. The Kier molecular flexibility index (Phi) is 4.59. The number of carbonyl (C=O) groups is 1. The number of nitrogens with one attached hydrogen (secondary N) is 1. The van der Waals surface area contributed by atoms with Gasteiger partial charge in [0.1, 0.15) is 0 Å². The van der Waals surface area contributed by atoms with E-state index in [0.29, 0.717) is 13.0 Å². The number of carbonyl (C=O) groups excluding carboxylic acids is 1. The van der Waals surface area contributed by atoms with Crippen LogP contribution in [0.4, 0.5) is 3.89 Å². The normalized spacial score (nSPS) is 11.2. The first-order valence-corrected chi connectivity index (χ1v) is 6.27. The van der Waals surface area contributed by atoms with Crippen molar-refractivity contribution < 1.29 is 22.2 Å². The van der Waals surface area contributed by atoms with Gasteiger partial charge in [0.05, 0.1) is 4.90 Å². The fourth-order valence-corrected chi connectivity index (χ4v) is 1.61. The monoisotopic (exact) mass is 261 g/mol. The van der Waals surface area contributed by atoms with Crippen LogP contribution in [0.15, 0.2) is 29.2 Å². The molecule has 1 amide bonds. The molecule has 1 aromatic carbocycles. The van der Waals surface area contributed by atoms with Gasteiger partial charge < -0.3 is 10.4 Å². The average Bonchev–Trinajstić information content (AvgIpc) is 2.28. The van der Waals surface area contributed by atoms with Crippen molar-refractivity contribution in [2.24, 2.45) is 0 Å². The fraction of sp³-hybridized carbons (Fsp3) is 0.300. The van der Waals surface area contributed by atoms with Gasteiger partial charge >= 0.3 is 10.2 Å². The third-order valence-corrected chi connectivity index (χ3v) is 2.85. The molecule has 2 N–H and O–H groups in total. The molecule has 17 heavy (non-hydrogen) atoms. The van der Waals surface area contributed by atoms with E-state index in [1.807, 2.05) is 0 Å². The van der Waals surface area contributed by atoms with Crippen molar-refractivity contribution in [1.29, 1.82) is 0 Å². The maximum absolute atomic E-state index is 12.5. The van der Waals surface area contributed by atoms with Gasteiger partial charge in [-0.3, -0.25) is 4.79 Å². The lowest BCUT2D eigenvalue weighted by molar-refractivity contribution is 0.0951. The lowest BCUT2D eigenvalue weighted by Gasteiger charge is -2.04. The van der Waals surface area contributed by atoms with E-state index >= 15 is 0 Å². The van der Waals surface area contributed by atoms with Crippen LogP contribution in [-0.2, 0) is 10.2 Å². The summed E-state index contributed by atoms with van der Waals surface area (Å²) in [6.07, 6.45) is 0.433. The summed E-state index contributed by atoms with van der Waals surface area (Å²) in [5, 5.41) is 11.0. The quantitative estimate of drug-likeness (QED) is 0.595. The molecule has 0 atom stereocenters. The predicted molar refractivity (Wildman–Crippen MR) is 58.8 cm³/mol. The fourth-order valence-electron chi connectivity index (χ4n) is 1.15. The van der Waals surface area contributed by atoms with Gasteiger partial charge in [-0.15, -0.1) is 3.89 Å². The van der Waals surface area contributed by atoms with Crippen molar-refractivity contribution in [3.05, 3.63) is 29.8 Å². The van der Waals surface area contributed by atoms with Gasteiger partial charge in [0.2, 0.25) is 0 Å². The summed E-state index contributed by atoms with van der Waals surface area (Å²) >= 11 is 0. The smallest absolute Gasteiger partial charge is 0.332 e. The lowest BCUT2D eigenvalue weighted by Crippen LogP contribution is -2.24. The van der Waals surface area contributed by atoms with Gasteiger partial charge in [-0.2, -0.15) is 8.42 Å². The molecule has 0 aromatic heterocycles. The zero-order valence-electron chi connectivity index (χ0n) is 8.89. The van der Waals surface area contributed by atoms with Crippen LogP contribution in [0, 0.1) is 0 Å². The molecular formula is C10H12FNO4S. The summed E-state index contributed by atoms with van der Waals surface area (Å²) in [6, 6.07) is 4.49. The first-order chi connectivity index (χ1) is 7.95. The molecule has 7 heteroatoms. The van der Waals surface area contributed by atoms with Crippen LogP contribution >= 0.6 is 0 Å². The molecule has 5 nitrogen and oxygen atoms in total. The molecule has 1 rings (SSSR count). The van der Waals surface area contributed by atoms with Crippen LogP contribution in [0.2, 0.25) is 0 Å². The van der Waals surface area contributed by atoms with E-state index in [9.17, 15) is 17.1 Å². The summed E-state index contributed by atoms with van der Waals surface area (Å²) in [6.45, 7) is 0.289. The Balaban J connectivity index is 2.71. The molecule has 1 aromatic rings. The van der Waals surface area contributed by atoms with Crippen LogP contribution in [0.3, 0.4) is 0 Å². The molecule has 0 saturated carbocycles. The molecule has 0 heterocycles. The topological polar surface area (TPSA) is 83.5 Å². The highest BCUT2D eigenvalue weighted by Gasteiger charge is 2.12. The molecule has 0 spiro atoms. The average molecular weight is 261 g/mol. The Bertz CT molecular complexity index is 484. The second-order valence-corrected chi connectivity index (χ2v) is 4.64. The van der Waals surface area contributed by atoms with Crippen LogP contribution in [0.1, 0.15) is 16.8 Å². The maximum atomic E-state index is 12.5. The highest BCUT2D eigenvalue weighted by atomic mass is 32.3. The molecule has 0 saturated heterocycles. The van der Waals surface area contributed by atoms with Gasteiger partial charge in [-0.05, 0) is 30.7 Å². The second kappa shape index (κ2) is 5.74. The number of benzene rings is 1.